The first-order valence-electron chi connectivity index (χ1n) is 8.01. The maximum Gasteiger partial charge on any atom is 0.305 e. The van der Waals surface area contributed by atoms with Crippen LogP contribution in [0.4, 0.5) is 0 Å². The highest BCUT2D eigenvalue weighted by Crippen LogP contribution is 1.86. The first-order valence-corrected chi connectivity index (χ1v) is 8.55. The van der Waals surface area contributed by atoms with Crippen molar-refractivity contribution >= 4 is 17.6 Å². The normalized spacial score (nSPS) is 11.0. The molecule has 0 aromatic rings. The van der Waals surface area contributed by atoms with Crippen LogP contribution in [0.25, 0.3) is 0 Å². The minimum absolute atomic E-state index is 0.00988. The second-order valence-corrected chi connectivity index (χ2v) is 4.88. The number of carboxylic acids is 1. The summed E-state index contributed by atoms with van der Waals surface area (Å²) in [5.74, 6) is -0.372. The van der Waals surface area contributed by atoms with E-state index in [1.54, 1.807) is 0 Å². The molecule has 0 aromatic heterocycles. The molecule has 144 valence electrons. The predicted octanol–water partition coefficient (Wildman–Crippen LogP) is 0.800. The maximum absolute atomic E-state index is 10.2. The molecule has 9 heteroatoms. The van der Waals surface area contributed by atoms with Gasteiger partial charge in [-0.25, -0.2) is 0 Å². The van der Waals surface area contributed by atoms with E-state index in [0.717, 1.165) is 0 Å². The molecule has 1 N–H and O–H groups in total. The van der Waals surface area contributed by atoms with Gasteiger partial charge in [0.1, 0.15) is 0 Å². The Morgan fingerprint density at radius 3 is 1.17 bits per heavy atom. The molecule has 8 nitrogen and oxygen atoms in total. The van der Waals surface area contributed by atoms with Gasteiger partial charge in [0, 0.05) is 5.88 Å². The van der Waals surface area contributed by atoms with E-state index in [1.807, 2.05) is 0 Å². The van der Waals surface area contributed by atoms with Crippen molar-refractivity contribution in [1.29, 1.82) is 0 Å². The van der Waals surface area contributed by atoms with E-state index in [2.05, 4.69) is 0 Å². The van der Waals surface area contributed by atoms with Gasteiger partial charge in [-0.2, -0.15) is 0 Å². The molecule has 0 aromatic carbocycles. The lowest BCUT2D eigenvalue weighted by Gasteiger charge is -2.08. The summed E-state index contributed by atoms with van der Waals surface area (Å²) in [4.78, 5) is 10.2. The zero-order chi connectivity index (χ0) is 17.7. The Bertz CT molecular complexity index is 268. The van der Waals surface area contributed by atoms with Crippen LogP contribution >= 0.6 is 11.6 Å². The van der Waals surface area contributed by atoms with Crippen LogP contribution in [-0.2, 0) is 33.2 Å². The molecule has 0 aliphatic carbocycles. The number of hydrogen-bond donors (Lipinski definition) is 1. The van der Waals surface area contributed by atoms with Crippen molar-refractivity contribution in [2.24, 2.45) is 0 Å². The van der Waals surface area contributed by atoms with E-state index >= 15 is 0 Å². The first-order chi connectivity index (χ1) is 11.8. The quantitative estimate of drug-likeness (QED) is 0.248. The van der Waals surface area contributed by atoms with Crippen molar-refractivity contribution in [2.75, 3.05) is 85.2 Å². The Labute approximate surface area is 148 Å². The summed E-state index contributed by atoms with van der Waals surface area (Å²) in [5.41, 5.74) is 0. The van der Waals surface area contributed by atoms with E-state index in [9.17, 15) is 4.79 Å². The molecule has 0 fully saturated rings. The molecule has 0 spiro atoms. The third-order valence-electron chi connectivity index (χ3n) is 2.54. The highest BCUT2D eigenvalue weighted by molar-refractivity contribution is 6.17. The standard InChI is InChI=1S/C15H29ClO8/c16-2-4-20-6-8-22-10-12-24-14-13-23-11-9-21-7-5-19-3-1-15(17)18/h1-14H2,(H,17,18). The molecule has 24 heavy (non-hydrogen) atoms. The highest BCUT2D eigenvalue weighted by atomic mass is 35.5. The van der Waals surface area contributed by atoms with Crippen molar-refractivity contribution in [2.45, 2.75) is 6.42 Å². The number of carbonyl (C=O) groups is 1. The lowest BCUT2D eigenvalue weighted by atomic mass is 10.5. The number of carboxylic acid groups (broad SMARTS) is 1. The maximum atomic E-state index is 10.2. The van der Waals surface area contributed by atoms with E-state index < -0.39 is 5.97 Å². The Morgan fingerprint density at radius 1 is 0.583 bits per heavy atom. The third-order valence-corrected chi connectivity index (χ3v) is 2.70. The van der Waals surface area contributed by atoms with Crippen LogP contribution in [0.5, 0.6) is 0 Å². The Balaban J connectivity index is 2.97. The Morgan fingerprint density at radius 2 is 0.875 bits per heavy atom. The number of hydrogen-bond acceptors (Lipinski definition) is 7. The summed E-state index contributed by atoms with van der Waals surface area (Å²) >= 11 is 5.46. The van der Waals surface area contributed by atoms with Gasteiger partial charge in [0.05, 0.1) is 85.7 Å². The highest BCUT2D eigenvalue weighted by Gasteiger charge is 1.96. The van der Waals surface area contributed by atoms with Crippen LogP contribution in [-0.4, -0.2) is 96.2 Å². The zero-order valence-corrected chi connectivity index (χ0v) is 14.8. The molecule has 0 aliphatic rings. The molecule has 0 atom stereocenters. The van der Waals surface area contributed by atoms with Crippen LogP contribution in [0.2, 0.25) is 0 Å². The van der Waals surface area contributed by atoms with Crippen LogP contribution in [0.3, 0.4) is 0 Å². The van der Waals surface area contributed by atoms with Crippen molar-refractivity contribution < 1.29 is 38.3 Å². The fourth-order valence-corrected chi connectivity index (χ4v) is 1.52. The van der Waals surface area contributed by atoms with Gasteiger partial charge in [-0.05, 0) is 0 Å². The summed E-state index contributed by atoms with van der Waals surface area (Å²) in [7, 11) is 0. The van der Waals surface area contributed by atoms with Crippen LogP contribution in [0, 0.1) is 0 Å². The molecule has 0 saturated heterocycles. The van der Waals surface area contributed by atoms with Gasteiger partial charge in [-0.3, -0.25) is 4.79 Å². The molecule has 0 bridgehead atoms. The van der Waals surface area contributed by atoms with Crippen molar-refractivity contribution in [1.82, 2.24) is 0 Å². The van der Waals surface area contributed by atoms with Crippen molar-refractivity contribution in [3.63, 3.8) is 0 Å². The van der Waals surface area contributed by atoms with Crippen molar-refractivity contribution in [3.05, 3.63) is 0 Å². The minimum Gasteiger partial charge on any atom is -0.481 e. The Hall–Kier alpha value is -0.480. The van der Waals surface area contributed by atoms with Gasteiger partial charge in [-0.15, -0.1) is 11.6 Å². The molecular formula is C15H29ClO8. The number of aliphatic carboxylic acids is 1. The molecule has 0 unspecified atom stereocenters. The third kappa shape index (κ3) is 21.5. The second-order valence-electron chi connectivity index (χ2n) is 4.51. The van der Waals surface area contributed by atoms with Gasteiger partial charge < -0.3 is 33.5 Å². The molecular weight excluding hydrogens is 344 g/mol. The fourth-order valence-electron chi connectivity index (χ4n) is 1.42. The first kappa shape index (κ1) is 23.5. The topological polar surface area (TPSA) is 92.7 Å². The Kier molecular flexibility index (Phi) is 20.2. The summed E-state index contributed by atoms with van der Waals surface area (Å²) in [5, 5.41) is 8.40. The second kappa shape index (κ2) is 20.6. The summed E-state index contributed by atoms with van der Waals surface area (Å²) in [6, 6.07) is 0. The van der Waals surface area contributed by atoms with Crippen LogP contribution in [0.15, 0.2) is 0 Å². The number of rotatable bonds is 20. The number of ether oxygens (including phenoxy) is 6. The molecule has 0 heterocycles. The lowest BCUT2D eigenvalue weighted by Crippen LogP contribution is -2.14. The van der Waals surface area contributed by atoms with Crippen molar-refractivity contribution in [3.8, 4) is 0 Å². The van der Waals surface area contributed by atoms with Gasteiger partial charge in [-0.1, -0.05) is 0 Å². The monoisotopic (exact) mass is 372 g/mol. The summed E-state index contributed by atoms with van der Waals surface area (Å²) in [6.45, 7) is 5.62. The van der Waals surface area contributed by atoms with Crippen LogP contribution < -0.4 is 0 Å². The largest absolute Gasteiger partial charge is 0.481 e. The smallest absolute Gasteiger partial charge is 0.305 e. The summed E-state index contributed by atoms with van der Waals surface area (Å²) < 4.78 is 31.4. The van der Waals surface area contributed by atoms with Gasteiger partial charge >= 0.3 is 5.97 Å². The number of alkyl halides is 1. The van der Waals surface area contributed by atoms with Crippen LogP contribution in [0.1, 0.15) is 6.42 Å². The molecule has 0 saturated carbocycles. The van der Waals surface area contributed by atoms with E-state index in [4.69, 9.17) is 45.1 Å². The fraction of sp³-hybridized carbons (Fsp3) is 0.933. The molecule has 0 amide bonds. The SMILES string of the molecule is O=C(O)CCOCCOCCOCCOCCOCCOCCCl. The molecule has 0 radical (unpaired) electrons. The molecule has 0 aliphatic heterocycles. The number of halogens is 1. The van der Waals surface area contributed by atoms with Gasteiger partial charge in [0.25, 0.3) is 0 Å². The van der Waals surface area contributed by atoms with E-state index in [1.165, 1.54) is 0 Å². The zero-order valence-electron chi connectivity index (χ0n) is 14.1. The minimum atomic E-state index is -0.866. The summed E-state index contributed by atoms with van der Waals surface area (Å²) in [6.07, 6.45) is 0.00988. The average molecular weight is 373 g/mol. The average Bonchev–Trinajstić information content (AvgIpc) is 2.56. The molecule has 0 rings (SSSR count). The van der Waals surface area contributed by atoms with E-state index in [0.29, 0.717) is 78.6 Å². The lowest BCUT2D eigenvalue weighted by molar-refractivity contribution is -0.138. The predicted molar refractivity (Wildman–Crippen MR) is 87.9 cm³/mol. The van der Waals surface area contributed by atoms with Gasteiger partial charge in [0.15, 0.2) is 0 Å². The van der Waals surface area contributed by atoms with Gasteiger partial charge in [0.2, 0.25) is 0 Å². The van der Waals surface area contributed by atoms with E-state index in [-0.39, 0.29) is 13.0 Å².